The Morgan fingerprint density at radius 1 is 1.60 bits per heavy atom. The molecule has 1 aliphatic heterocycles. The number of amides is 1. The molecule has 0 radical (unpaired) electrons. The summed E-state index contributed by atoms with van der Waals surface area (Å²) >= 11 is 0. The van der Waals surface area contributed by atoms with Gasteiger partial charge in [-0.3, -0.25) is 9.69 Å². The highest BCUT2D eigenvalue weighted by Gasteiger charge is 2.19. The third-order valence-corrected chi connectivity index (χ3v) is 2.31. The largest absolute Gasteiger partial charge is 0.352 e. The van der Waals surface area contributed by atoms with E-state index in [1.807, 2.05) is 13.8 Å². The van der Waals surface area contributed by atoms with Crippen LogP contribution in [0.5, 0.6) is 0 Å². The second-order valence-electron chi connectivity index (χ2n) is 3.53. The van der Waals surface area contributed by atoms with Crippen LogP contribution in [0, 0.1) is 0 Å². The average Bonchev–Trinajstić information content (AvgIpc) is 2.21. The predicted octanol–water partition coefficient (Wildman–Crippen LogP) is 1.83. The molecule has 1 unspecified atom stereocenters. The standard InChI is InChI=1S/C9H17FN2O.C2H6.H2/c1-8(13)11-9-3-2-5-12(7-9)6-4-10;1-2;/h9H,2-7H2,1H3,(H,11,13);1-2H3;1H. The maximum Gasteiger partial charge on any atom is 0.217 e. The van der Waals surface area contributed by atoms with E-state index in [1.165, 1.54) is 6.92 Å². The lowest BCUT2D eigenvalue weighted by molar-refractivity contribution is -0.120. The van der Waals surface area contributed by atoms with Gasteiger partial charge < -0.3 is 5.32 Å². The number of piperidine rings is 1. The van der Waals surface area contributed by atoms with Crippen molar-refractivity contribution >= 4 is 5.91 Å². The van der Waals surface area contributed by atoms with E-state index < -0.39 is 0 Å². The van der Waals surface area contributed by atoms with Gasteiger partial charge in [0.05, 0.1) is 0 Å². The Hall–Kier alpha value is -0.640. The molecule has 0 aromatic rings. The Kier molecular flexibility index (Phi) is 8.28. The Balaban J connectivity index is 0. The van der Waals surface area contributed by atoms with Gasteiger partial charge in [-0.15, -0.1) is 0 Å². The Morgan fingerprint density at radius 2 is 2.27 bits per heavy atom. The third-order valence-electron chi connectivity index (χ3n) is 2.31. The number of alkyl halides is 1. The van der Waals surface area contributed by atoms with Crippen molar-refractivity contribution in [3.63, 3.8) is 0 Å². The van der Waals surface area contributed by atoms with Crippen molar-refractivity contribution < 1.29 is 10.6 Å². The van der Waals surface area contributed by atoms with Crippen molar-refractivity contribution in [3.05, 3.63) is 0 Å². The van der Waals surface area contributed by atoms with Crippen molar-refractivity contribution in [2.75, 3.05) is 26.3 Å². The van der Waals surface area contributed by atoms with Crippen LogP contribution in [0.15, 0.2) is 0 Å². The summed E-state index contributed by atoms with van der Waals surface area (Å²) in [7, 11) is 0. The molecule has 0 aromatic heterocycles. The first-order chi connectivity index (χ1) is 7.22. The highest BCUT2D eigenvalue weighted by molar-refractivity contribution is 5.73. The van der Waals surface area contributed by atoms with Crippen LogP contribution in [-0.4, -0.2) is 43.2 Å². The highest BCUT2D eigenvalue weighted by atomic mass is 19.1. The molecule has 0 aromatic carbocycles. The molecule has 1 heterocycles. The minimum atomic E-state index is -0.299. The van der Waals surface area contributed by atoms with E-state index in [2.05, 4.69) is 10.2 Å². The van der Waals surface area contributed by atoms with Crippen LogP contribution in [0.4, 0.5) is 4.39 Å². The molecule has 0 bridgehead atoms. The van der Waals surface area contributed by atoms with Gasteiger partial charge in [0.15, 0.2) is 0 Å². The second kappa shape index (κ2) is 8.65. The lowest BCUT2D eigenvalue weighted by Gasteiger charge is -2.32. The molecule has 0 spiro atoms. The van der Waals surface area contributed by atoms with Crippen LogP contribution in [0.25, 0.3) is 0 Å². The van der Waals surface area contributed by atoms with E-state index in [0.717, 1.165) is 25.9 Å². The van der Waals surface area contributed by atoms with E-state index >= 15 is 0 Å². The molecule has 1 aliphatic rings. The molecule has 3 nitrogen and oxygen atoms in total. The number of halogens is 1. The molecule has 4 heteroatoms. The summed E-state index contributed by atoms with van der Waals surface area (Å²) in [5.41, 5.74) is 0. The van der Waals surface area contributed by atoms with Gasteiger partial charge in [0.1, 0.15) is 6.67 Å². The zero-order valence-corrected chi connectivity index (χ0v) is 10.1. The lowest BCUT2D eigenvalue weighted by Crippen LogP contribution is -2.47. The Morgan fingerprint density at radius 3 is 2.80 bits per heavy atom. The lowest BCUT2D eigenvalue weighted by atomic mass is 10.1. The number of likely N-dealkylation sites (tertiary alicyclic amines) is 1. The van der Waals surface area contributed by atoms with Crippen LogP contribution >= 0.6 is 0 Å². The summed E-state index contributed by atoms with van der Waals surface area (Å²) in [5.74, 6) is 0.00657. The quantitative estimate of drug-likeness (QED) is 0.787. The van der Waals surface area contributed by atoms with Crippen LogP contribution in [0.1, 0.15) is 35.0 Å². The number of hydrogen-bond donors (Lipinski definition) is 1. The normalized spacial score (nSPS) is 21.5. The minimum Gasteiger partial charge on any atom is -0.352 e. The van der Waals surface area contributed by atoms with Gasteiger partial charge >= 0.3 is 0 Å². The molecule has 1 fully saturated rings. The minimum absolute atomic E-state index is 0. The summed E-state index contributed by atoms with van der Waals surface area (Å²) in [6.07, 6.45) is 2.06. The summed E-state index contributed by atoms with van der Waals surface area (Å²) in [4.78, 5) is 12.8. The summed E-state index contributed by atoms with van der Waals surface area (Å²) in [6.45, 7) is 7.47. The van der Waals surface area contributed by atoms with Crippen LogP contribution < -0.4 is 5.32 Å². The Labute approximate surface area is 93.5 Å². The number of nitrogens with one attached hydrogen (secondary N) is 1. The van der Waals surface area contributed by atoms with Crippen molar-refractivity contribution in [1.82, 2.24) is 10.2 Å². The summed E-state index contributed by atoms with van der Waals surface area (Å²) < 4.78 is 12.0. The van der Waals surface area contributed by atoms with E-state index in [0.29, 0.717) is 6.54 Å². The SMILES string of the molecule is CC.CC(=O)NC1CCCN(CCF)C1.[HH]. The van der Waals surface area contributed by atoms with Crippen molar-refractivity contribution in [1.29, 1.82) is 0 Å². The molecule has 15 heavy (non-hydrogen) atoms. The molecular weight excluding hydrogens is 195 g/mol. The number of nitrogens with zero attached hydrogens (tertiary/aromatic N) is 1. The smallest absolute Gasteiger partial charge is 0.217 e. The monoisotopic (exact) mass is 220 g/mol. The maximum atomic E-state index is 12.0. The maximum absolute atomic E-state index is 12.0. The average molecular weight is 220 g/mol. The Bertz CT molecular complexity index is 179. The van der Waals surface area contributed by atoms with Crippen LogP contribution in [0.2, 0.25) is 0 Å². The topological polar surface area (TPSA) is 32.3 Å². The fraction of sp³-hybridized carbons (Fsp3) is 0.909. The van der Waals surface area contributed by atoms with Gasteiger partial charge in [-0.05, 0) is 19.4 Å². The zero-order valence-electron chi connectivity index (χ0n) is 10.1. The van der Waals surface area contributed by atoms with Gasteiger partial charge in [0.25, 0.3) is 0 Å². The summed E-state index contributed by atoms with van der Waals surface area (Å²) in [6, 6.07) is 0.220. The van der Waals surface area contributed by atoms with Gasteiger partial charge in [-0.2, -0.15) is 0 Å². The zero-order chi connectivity index (χ0) is 11.7. The number of hydrogen-bond acceptors (Lipinski definition) is 2. The first-order valence-corrected chi connectivity index (χ1v) is 5.78. The fourth-order valence-corrected chi connectivity index (χ4v) is 1.78. The van der Waals surface area contributed by atoms with Gasteiger partial charge in [0, 0.05) is 27.5 Å². The molecule has 1 amide bonds. The molecule has 1 saturated heterocycles. The fourth-order valence-electron chi connectivity index (χ4n) is 1.78. The van der Waals surface area contributed by atoms with E-state index in [1.54, 1.807) is 0 Å². The van der Waals surface area contributed by atoms with Crippen molar-refractivity contribution in [2.24, 2.45) is 0 Å². The number of carbonyl (C=O) groups is 1. The van der Waals surface area contributed by atoms with E-state index in [4.69, 9.17) is 0 Å². The molecule has 1 atom stereocenters. The number of carbonyl (C=O) groups excluding carboxylic acids is 1. The summed E-state index contributed by atoms with van der Waals surface area (Å²) in [5, 5.41) is 2.87. The highest BCUT2D eigenvalue weighted by Crippen LogP contribution is 2.09. The van der Waals surface area contributed by atoms with Crippen molar-refractivity contribution in [3.8, 4) is 0 Å². The van der Waals surface area contributed by atoms with Crippen LogP contribution in [0.3, 0.4) is 0 Å². The predicted molar refractivity (Wildman–Crippen MR) is 62.7 cm³/mol. The third kappa shape index (κ3) is 6.44. The first-order valence-electron chi connectivity index (χ1n) is 5.78. The van der Waals surface area contributed by atoms with Gasteiger partial charge in [-0.25, -0.2) is 4.39 Å². The van der Waals surface area contributed by atoms with Crippen molar-refractivity contribution in [2.45, 2.75) is 39.7 Å². The molecular formula is C11H25FN2O. The van der Waals surface area contributed by atoms with E-state index in [9.17, 15) is 9.18 Å². The molecule has 1 rings (SSSR count). The first kappa shape index (κ1) is 14.4. The number of rotatable bonds is 3. The molecule has 92 valence electrons. The second-order valence-corrected chi connectivity index (χ2v) is 3.53. The molecule has 0 aliphatic carbocycles. The van der Waals surface area contributed by atoms with E-state index in [-0.39, 0.29) is 20.1 Å². The molecule has 0 saturated carbocycles. The molecule has 1 N–H and O–H groups in total. The van der Waals surface area contributed by atoms with Gasteiger partial charge in [-0.1, -0.05) is 13.8 Å². The van der Waals surface area contributed by atoms with Gasteiger partial charge in [0.2, 0.25) is 5.91 Å². The van der Waals surface area contributed by atoms with Crippen LogP contribution in [-0.2, 0) is 4.79 Å².